The fraction of sp³-hybridized carbons (Fsp3) is 0.389. The highest BCUT2D eigenvalue weighted by atomic mass is 19.1. The summed E-state index contributed by atoms with van der Waals surface area (Å²) in [6, 6.07) is 4.81. The van der Waals surface area contributed by atoms with Crippen molar-refractivity contribution < 1.29 is 18.7 Å². The van der Waals surface area contributed by atoms with Gasteiger partial charge in [0.2, 0.25) is 5.88 Å². The Morgan fingerprint density at radius 3 is 2.92 bits per heavy atom. The smallest absolute Gasteiger partial charge is 0.232 e. The third-order valence-corrected chi connectivity index (χ3v) is 3.91. The number of rotatable bonds is 6. The van der Waals surface area contributed by atoms with Crippen molar-refractivity contribution in [3.8, 4) is 5.88 Å². The number of nitrogens with zero attached hydrogens (tertiary/aromatic N) is 2. The van der Waals surface area contributed by atoms with E-state index in [0.29, 0.717) is 36.8 Å². The largest absolute Gasteiger partial charge is 0.477 e. The highest BCUT2D eigenvalue weighted by Crippen LogP contribution is 2.23. The van der Waals surface area contributed by atoms with Gasteiger partial charge in [-0.25, -0.2) is 14.4 Å². The second-order valence-electron chi connectivity index (χ2n) is 5.69. The molecule has 0 aliphatic carbocycles. The van der Waals surface area contributed by atoms with E-state index < -0.39 is 0 Å². The van der Waals surface area contributed by atoms with E-state index in [1.54, 1.807) is 12.1 Å². The van der Waals surface area contributed by atoms with Crippen molar-refractivity contribution in [2.24, 2.45) is 0 Å². The highest BCUT2D eigenvalue weighted by molar-refractivity contribution is 5.95. The SMILES string of the molecule is CCOc1cnc(C(=O)Cc2ccc([C@H]3CNCCO3)c(F)c2)cn1. The minimum atomic E-state index is -0.364. The number of carbonyl (C=O) groups is 1. The van der Waals surface area contributed by atoms with Gasteiger partial charge in [0.15, 0.2) is 5.78 Å². The van der Waals surface area contributed by atoms with Gasteiger partial charge >= 0.3 is 0 Å². The minimum Gasteiger partial charge on any atom is -0.477 e. The molecule has 7 heteroatoms. The molecule has 1 aromatic carbocycles. The minimum absolute atomic E-state index is 0.0592. The van der Waals surface area contributed by atoms with Gasteiger partial charge < -0.3 is 14.8 Å². The molecule has 3 rings (SSSR count). The maximum Gasteiger partial charge on any atom is 0.232 e. The second kappa shape index (κ2) is 8.13. The number of hydrogen-bond donors (Lipinski definition) is 1. The normalized spacial score (nSPS) is 17.3. The summed E-state index contributed by atoms with van der Waals surface area (Å²) in [4.78, 5) is 20.3. The molecule has 1 fully saturated rings. The first-order chi connectivity index (χ1) is 12.2. The monoisotopic (exact) mass is 345 g/mol. The van der Waals surface area contributed by atoms with Crippen molar-refractivity contribution in [1.29, 1.82) is 0 Å². The number of benzene rings is 1. The molecule has 0 saturated carbocycles. The van der Waals surface area contributed by atoms with E-state index in [2.05, 4.69) is 15.3 Å². The summed E-state index contributed by atoms with van der Waals surface area (Å²) in [6.45, 7) is 4.23. The quantitative estimate of drug-likeness (QED) is 0.809. The Hall–Kier alpha value is -2.38. The Morgan fingerprint density at radius 1 is 1.40 bits per heavy atom. The zero-order valence-electron chi connectivity index (χ0n) is 14.0. The van der Waals surface area contributed by atoms with Gasteiger partial charge in [0.1, 0.15) is 11.5 Å². The molecule has 1 aliphatic heterocycles. The van der Waals surface area contributed by atoms with Crippen LogP contribution in [0.15, 0.2) is 30.6 Å². The van der Waals surface area contributed by atoms with Crippen molar-refractivity contribution in [3.05, 3.63) is 53.2 Å². The standard InChI is InChI=1S/C18H20FN3O3/c1-2-24-18-11-21-15(9-22-18)16(23)8-12-3-4-13(14(19)7-12)17-10-20-5-6-25-17/h3-4,7,9,11,17,20H,2,5-6,8,10H2,1H3/t17-/m1/s1. The molecule has 0 radical (unpaired) electrons. The third kappa shape index (κ3) is 4.37. The van der Waals surface area contributed by atoms with Gasteiger partial charge in [-0.15, -0.1) is 0 Å². The lowest BCUT2D eigenvalue weighted by molar-refractivity contribution is 0.0255. The number of aromatic nitrogens is 2. The van der Waals surface area contributed by atoms with E-state index in [1.807, 2.05) is 6.92 Å². The molecule has 1 aromatic heterocycles. The van der Waals surface area contributed by atoms with Crippen LogP contribution in [0, 0.1) is 5.82 Å². The summed E-state index contributed by atoms with van der Waals surface area (Å²) in [7, 11) is 0. The van der Waals surface area contributed by atoms with Crippen LogP contribution in [0.4, 0.5) is 4.39 Å². The number of morpholine rings is 1. The van der Waals surface area contributed by atoms with Gasteiger partial charge in [0.05, 0.1) is 31.7 Å². The molecule has 25 heavy (non-hydrogen) atoms. The van der Waals surface area contributed by atoms with Crippen LogP contribution in [0.2, 0.25) is 0 Å². The van der Waals surface area contributed by atoms with Crippen molar-refractivity contribution in [2.45, 2.75) is 19.4 Å². The topological polar surface area (TPSA) is 73.3 Å². The molecule has 132 valence electrons. The number of nitrogens with one attached hydrogen (secondary N) is 1. The molecule has 1 aliphatic rings. The molecule has 0 bridgehead atoms. The summed E-state index contributed by atoms with van der Waals surface area (Å²) in [6.07, 6.45) is 2.55. The lowest BCUT2D eigenvalue weighted by atomic mass is 10.0. The van der Waals surface area contributed by atoms with Crippen LogP contribution >= 0.6 is 0 Å². The van der Waals surface area contributed by atoms with Crippen molar-refractivity contribution in [3.63, 3.8) is 0 Å². The van der Waals surface area contributed by atoms with Crippen LogP contribution < -0.4 is 10.1 Å². The van der Waals surface area contributed by atoms with E-state index in [1.165, 1.54) is 18.5 Å². The average molecular weight is 345 g/mol. The van der Waals surface area contributed by atoms with E-state index in [-0.39, 0.29) is 29.8 Å². The molecule has 2 heterocycles. The molecule has 1 atom stereocenters. The van der Waals surface area contributed by atoms with Gasteiger partial charge in [-0.1, -0.05) is 12.1 Å². The Kier molecular flexibility index (Phi) is 5.67. The van der Waals surface area contributed by atoms with Crippen LogP contribution in [0.1, 0.15) is 34.6 Å². The maximum atomic E-state index is 14.4. The Bertz CT molecular complexity index is 731. The maximum absolute atomic E-state index is 14.4. The van der Waals surface area contributed by atoms with Crippen molar-refractivity contribution in [1.82, 2.24) is 15.3 Å². The molecule has 6 nitrogen and oxygen atoms in total. The first-order valence-corrected chi connectivity index (χ1v) is 8.26. The predicted octanol–water partition coefficient (Wildman–Crippen LogP) is 2.10. The summed E-state index contributed by atoms with van der Waals surface area (Å²) >= 11 is 0. The number of carbonyl (C=O) groups excluding carboxylic acids is 1. The molecule has 0 unspecified atom stereocenters. The number of halogens is 1. The van der Waals surface area contributed by atoms with E-state index in [9.17, 15) is 9.18 Å². The third-order valence-electron chi connectivity index (χ3n) is 3.91. The molecule has 1 saturated heterocycles. The molecular weight excluding hydrogens is 325 g/mol. The van der Waals surface area contributed by atoms with Gasteiger partial charge in [-0.3, -0.25) is 4.79 Å². The second-order valence-corrected chi connectivity index (χ2v) is 5.69. The first-order valence-electron chi connectivity index (χ1n) is 8.26. The zero-order valence-corrected chi connectivity index (χ0v) is 14.0. The Balaban J connectivity index is 1.67. The number of hydrogen-bond acceptors (Lipinski definition) is 6. The summed E-state index contributed by atoms with van der Waals surface area (Å²) in [5.41, 5.74) is 1.32. The van der Waals surface area contributed by atoms with E-state index in [4.69, 9.17) is 9.47 Å². The van der Waals surface area contributed by atoms with Gasteiger partial charge in [-0.05, 0) is 18.6 Å². The predicted molar refractivity (Wildman–Crippen MR) is 89.2 cm³/mol. The molecular formula is C18H20FN3O3. The Morgan fingerprint density at radius 2 is 2.28 bits per heavy atom. The van der Waals surface area contributed by atoms with Crippen LogP contribution in [0.25, 0.3) is 0 Å². The number of Topliss-reactive ketones (excluding diaryl/α,β-unsaturated/α-hetero) is 1. The first kappa shape index (κ1) is 17.4. The fourth-order valence-electron chi connectivity index (χ4n) is 2.67. The van der Waals surface area contributed by atoms with Gasteiger partial charge in [0, 0.05) is 25.1 Å². The number of ketones is 1. The highest BCUT2D eigenvalue weighted by Gasteiger charge is 2.20. The summed E-state index contributed by atoms with van der Waals surface area (Å²) in [5.74, 6) is -0.217. The molecule has 1 N–H and O–H groups in total. The number of ether oxygens (including phenoxy) is 2. The summed E-state index contributed by atoms with van der Waals surface area (Å²) < 4.78 is 25.1. The molecule has 2 aromatic rings. The zero-order chi connectivity index (χ0) is 17.6. The average Bonchev–Trinajstić information content (AvgIpc) is 2.63. The van der Waals surface area contributed by atoms with E-state index in [0.717, 1.165) is 6.54 Å². The molecule has 0 amide bonds. The van der Waals surface area contributed by atoms with Gasteiger partial charge in [0.25, 0.3) is 0 Å². The molecule has 0 spiro atoms. The van der Waals surface area contributed by atoms with Crippen LogP contribution in [0.3, 0.4) is 0 Å². The van der Waals surface area contributed by atoms with Crippen molar-refractivity contribution in [2.75, 3.05) is 26.3 Å². The fourth-order valence-corrected chi connectivity index (χ4v) is 2.67. The van der Waals surface area contributed by atoms with Crippen LogP contribution in [-0.2, 0) is 11.2 Å². The van der Waals surface area contributed by atoms with E-state index >= 15 is 0 Å². The lowest BCUT2D eigenvalue weighted by Gasteiger charge is -2.24. The van der Waals surface area contributed by atoms with Crippen LogP contribution in [0.5, 0.6) is 5.88 Å². The van der Waals surface area contributed by atoms with Crippen molar-refractivity contribution >= 4 is 5.78 Å². The Labute approximate surface area is 145 Å². The summed E-state index contributed by atoms with van der Waals surface area (Å²) in [5, 5.41) is 3.17. The lowest BCUT2D eigenvalue weighted by Crippen LogP contribution is -2.33. The van der Waals surface area contributed by atoms with Crippen LogP contribution in [-0.4, -0.2) is 42.1 Å². The van der Waals surface area contributed by atoms with Gasteiger partial charge in [-0.2, -0.15) is 0 Å².